The number of hydrogen-bond donors (Lipinski definition) is 2. The molecule has 4 N–H and O–H groups in total. The minimum Gasteiger partial charge on any atom is -0.383 e. The van der Waals surface area contributed by atoms with Gasteiger partial charge in [-0.2, -0.15) is 10.4 Å². The molecule has 3 rings (SSSR count). The maximum atomic E-state index is 9.57. The Balaban J connectivity index is 2.18. The van der Waals surface area contributed by atoms with Crippen molar-refractivity contribution in [3.63, 3.8) is 0 Å². The summed E-state index contributed by atoms with van der Waals surface area (Å²) in [5, 5.41) is 14.0. The largest absolute Gasteiger partial charge is 0.383 e. The van der Waals surface area contributed by atoms with Crippen LogP contribution in [0.2, 0.25) is 0 Å². The number of rotatable bonds is 4. The summed E-state index contributed by atoms with van der Waals surface area (Å²) in [6.45, 7) is 4.54. The van der Waals surface area contributed by atoms with Gasteiger partial charge >= 0.3 is 0 Å². The van der Waals surface area contributed by atoms with Crippen molar-refractivity contribution < 1.29 is 0 Å². The first kappa shape index (κ1) is 17.6. The number of nitrogens with zero attached hydrogens (tertiary/aromatic N) is 4. The van der Waals surface area contributed by atoms with E-state index in [4.69, 9.17) is 11.5 Å². The number of nitrogen functional groups attached to an aromatic ring is 1. The Morgan fingerprint density at radius 2 is 1.88 bits per heavy atom. The first-order valence-corrected chi connectivity index (χ1v) is 8.46. The van der Waals surface area contributed by atoms with Crippen LogP contribution < -0.4 is 11.5 Å². The average molecular weight is 346 g/mol. The number of pyridine rings is 1. The summed E-state index contributed by atoms with van der Waals surface area (Å²) in [6.07, 6.45) is 0.823. The molecule has 0 fully saturated rings. The van der Waals surface area contributed by atoms with Crippen molar-refractivity contribution in [2.45, 2.75) is 20.3 Å². The van der Waals surface area contributed by atoms with Gasteiger partial charge in [0.2, 0.25) is 0 Å². The highest BCUT2D eigenvalue weighted by Gasteiger charge is 2.18. The van der Waals surface area contributed by atoms with Crippen LogP contribution in [0.3, 0.4) is 0 Å². The zero-order chi connectivity index (χ0) is 18.8. The van der Waals surface area contributed by atoms with E-state index < -0.39 is 0 Å². The molecule has 6 nitrogen and oxygen atoms in total. The molecule has 0 spiro atoms. The first-order valence-electron chi connectivity index (χ1n) is 8.46. The van der Waals surface area contributed by atoms with Crippen LogP contribution >= 0.6 is 0 Å². The van der Waals surface area contributed by atoms with Crippen LogP contribution in [0.25, 0.3) is 22.4 Å². The van der Waals surface area contributed by atoms with Crippen LogP contribution in [0.5, 0.6) is 0 Å². The summed E-state index contributed by atoms with van der Waals surface area (Å²) >= 11 is 0. The molecule has 2 heterocycles. The number of hydrogen-bond acceptors (Lipinski definition) is 5. The molecule has 0 aliphatic heterocycles. The van der Waals surface area contributed by atoms with E-state index >= 15 is 0 Å². The molecule has 0 bridgehead atoms. The smallest absolute Gasteiger partial charge is 0.142 e. The van der Waals surface area contributed by atoms with Gasteiger partial charge in [0.05, 0.1) is 11.4 Å². The zero-order valence-corrected chi connectivity index (χ0v) is 15.2. The number of nitriles is 1. The summed E-state index contributed by atoms with van der Waals surface area (Å²) in [7, 11) is 1.90. The van der Waals surface area contributed by atoms with E-state index in [1.54, 1.807) is 0 Å². The maximum absolute atomic E-state index is 9.57. The third-order valence-electron chi connectivity index (χ3n) is 4.62. The summed E-state index contributed by atoms with van der Waals surface area (Å²) in [4.78, 5) is 4.47. The van der Waals surface area contributed by atoms with Crippen molar-refractivity contribution in [3.05, 3.63) is 52.8 Å². The Morgan fingerprint density at radius 3 is 2.42 bits per heavy atom. The second-order valence-corrected chi connectivity index (χ2v) is 6.33. The fourth-order valence-corrected chi connectivity index (χ4v) is 3.20. The van der Waals surface area contributed by atoms with E-state index in [0.29, 0.717) is 12.1 Å². The number of aryl methyl sites for hydroxylation is 2. The fraction of sp³-hybridized carbons (Fsp3) is 0.250. The number of anilines is 1. The van der Waals surface area contributed by atoms with E-state index in [-0.39, 0.29) is 5.82 Å². The lowest BCUT2D eigenvalue weighted by molar-refractivity contribution is 0.731. The molecule has 3 aromatic rings. The highest BCUT2D eigenvalue weighted by molar-refractivity contribution is 5.81. The molecule has 0 saturated carbocycles. The number of aromatic nitrogens is 3. The van der Waals surface area contributed by atoms with Crippen LogP contribution in [-0.4, -0.2) is 21.3 Å². The van der Waals surface area contributed by atoms with E-state index in [2.05, 4.69) is 16.2 Å². The van der Waals surface area contributed by atoms with Gasteiger partial charge in [-0.3, -0.25) is 4.68 Å². The quantitative estimate of drug-likeness (QED) is 0.755. The maximum Gasteiger partial charge on any atom is 0.142 e. The first-order chi connectivity index (χ1) is 12.5. The van der Waals surface area contributed by atoms with Gasteiger partial charge in [0.1, 0.15) is 17.5 Å². The molecule has 132 valence electrons. The predicted octanol–water partition coefficient (Wildman–Crippen LogP) is 2.72. The van der Waals surface area contributed by atoms with Crippen molar-refractivity contribution in [2.24, 2.45) is 12.8 Å². The summed E-state index contributed by atoms with van der Waals surface area (Å²) < 4.78 is 1.82. The molecule has 1 aromatic carbocycles. The molecule has 6 heteroatoms. The topological polar surface area (TPSA) is 107 Å². The lowest BCUT2D eigenvalue weighted by Gasteiger charge is -2.11. The third-order valence-corrected chi connectivity index (χ3v) is 4.62. The minimum atomic E-state index is 0.230. The SMILES string of the molecule is Cc1nn(C)c(C)c1-c1cc(-c2ccc(CCN)cc2)c(C#N)c(N)n1. The van der Waals surface area contributed by atoms with Crippen molar-refractivity contribution in [2.75, 3.05) is 12.3 Å². The monoisotopic (exact) mass is 346 g/mol. The molecule has 0 radical (unpaired) electrons. The van der Waals surface area contributed by atoms with Gasteiger partial charge in [0.25, 0.3) is 0 Å². The van der Waals surface area contributed by atoms with Crippen molar-refractivity contribution in [3.8, 4) is 28.5 Å². The molecule has 0 aliphatic carbocycles. The van der Waals surface area contributed by atoms with E-state index in [1.165, 1.54) is 0 Å². The number of benzene rings is 1. The predicted molar refractivity (Wildman–Crippen MR) is 103 cm³/mol. The van der Waals surface area contributed by atoms with Crippen LogP contribution in [0.15, 0.2) is 30.3 Å². The Kier molecular flexibility index (Phi) is 4.74. The van der Waals surface area contributed by atoms with Gasteiger partial charge in [0.15, 0.2) is 0 Å². The molecule has 2 aromatic heterocycles. The van der Waals surface area contributed by atoms with Gasteiger partial charge < -0.3 is 11.5 Å². The number of nitrogens with two attached hydrogens (primary N) is 2. The molecule has 0 saturated heterocycles. The second kappa shape index (κ2) is 6.98. The molecular weight excluding hydrogens is 324 g/mol. The normalized spacial score (nSPS) is 10.7. The third kappa shape index (κ3) is 3.05. The van der Waals surface area contributed by atoms with Crippen molar-refractivity contribution in [1.29, 1.82) is 5.26 Å². The van der Waals surface area contributed by atoms with Gasteiger partial charge in [-0.15, -0.1) is 0 Å². The van der Waals surface area contributed by atoms with E-state index in [1.807, 2.05) is 55.9 Å². The van der Waals surface area contributed by atoms with Crippen LogP contribution in [0.1, 0.15) is 22.5 Å². The highest BCUT2D eigenvalue weighted by Crippen LogP contribution is 2.33. The Bertz CT molecular complexity index is 993. The zero-order valence-electron chi connectivity index (χ0n) is 15.2. The van der Waals surface area contributed by atoms with Gasteiger partial charge in [0, 0.05) is 23.9 Å². The van der Waals surface area contributed by atoms with E-state index in [0.717, 1.165) is 45.8 Å². The summed E-state index contributed by atoms with van der Waals surface area (Å²) in [5.41, 5.74) is 18.5. The molecule has 0 atom stereocenters. The Morgan fingerprint density at radius 1 is 1.19 bits per heavy atom. The van der Waals surface area contributed by atoms with Gasteiger partial charge in [-0.05, 0) is 44.0 Å². The lowest BCUT2D eigenvalue weighted by Crippen LogP contribution is -2.03. The summed E-state index contributed by atoms with van der Waals surface area (Å²) in [6, 6.07) is 12.2. The second-order valence-electron chi connectivity index (χ2n) is 6.33. The van der Waals surface area contributed by atoms with Crippen LogP contribution in [0, 0.1) is 25.2 Å². The molecule has 26 heavy (non-hydrogen) atoms. The highest BCUT2D eigenvalue weighted by atomic mass is 15.3. The molecule has 0 unspecified atom stereocenters. The van der Waals surface area contributed by atoms with Crippen LogP contribution in [0.4, 0.5) is 5.82 Å². The van der Waals surface area contributed by atoms with Crippen LogP contribution in [-0.2, 0) is 13.5 Å². The molecule has 0 aliphatic rings. The van der Waals surface area contributed by atoms with Gasteiger partial charge in [-0.25, -0.2) is 4.98 Å². The fourth-order valence-electron chi connectivity index (χ4n) is 3.20. The Labute approximate surface area is 153 Å². The minimum absolute atomic E-state index is 0.230. The van der Waals surface area contributed by atoms with Gasteiger partial charge in [-0.1, -0.05) is 24.3 Å². The standard InChI is InChI=1S/C20H22N6/c1-12-19(13(2)26(3)25-12)18-10-16(17(11-22)20(23)24-18)15-6-4-14(5-7-15)8-9-21/h4-7,10H,8-9,21H2,1-3H3,(H2,23,24). The van der Waals surface area contributed by atoms with Crippen molar-refractivity contribution in [1.82, 2.24) is 14.8 Å². The summed E-state index contributed by atoms with van der Waals surface area (Å²) in [5.74, 6) is 0.230. The molecule has 0 amide bonds. The van der Waals surface area contributed by atoms with E-state index in [9.17, 15) is 5.26 Å². The average Bonchev–Trinajstić information content (AvgIpc) is 2.87. The Hall–Kier alpha value is -3.17. The van der Waals surface area contributed by atoms with Crippen molar-refractivity contribution >= 4 is 5.82 Å². The molecular formula is C20H22N6. The lowest BCUT2D eigenvalue weighted by atomic mass is 9.96.